The van der Waals surface area contributed by atoms with Crippen LogP contribution in [0, 0.1) is 13.7 Å². The second-order valence-corrected chi connectivity index (χ2v) is 9.00. The molecule has 0 aliphatic heterocycles. The lowest BCUT2D eigenvalue weighted by atomic mass is 10.1. The van der Waals surface area contributed by atoms with E-state index in [1.165, 1.54) is 42.6 Å². The van der Waals surface area contributed by atoms with E-state index in [4.69, 9.17) is 19.0 Å². The van der Waals surface area contributed by atoms with Crippen LogP contribution in [0.4, 0.5) is 5.69 Å². The molecule has 1 amide bonds. The summed E-state index contributed by atoms with van der Waals surface area (Å²) in [5, 5.41) is 24.4. The Hall–Kier alpha value is -4.46. The highest BCUT2D eigenvalue weighted by molar-refractivity contribution is 14.1. The van der Waals surface area contributed by atoms with E-state index >= 15 is 0 Å². The normalized spacial score (nSPS) is 11.0. The van der Waals surface area contributed by atoms with Gasteiger partial charge in [-0.15, -0.1) is 0 Å². The van der Waals surface area contributed by atoms with Gasteiger partial charge < -0.3 is 19.0 Å². The van der Waals surface area contributed by atoms with Crippen molar-refractivity contribution in [3.8, 4) is 11.5 Å². The predicted octanol–water partition coefficient (Wildman–Crippen LogP) is 5.39. The van der Waals surface area contributed by atoms with Gasteiger partial charge in [0.05, 0.1) is 26.9 Å². The monoisotopic (exact) mass is 629 g/mol. The number of carboxylic acids is 1. The third-order valence-corrected chi connectivity index (χ3v) is 6.03. The van der Waals surface area contributed by atoms with Gasteiger partial charge in [0.1, 0.15) is 12.2 Å². The standard InChI is InChI=1S/C26H20IN3O8/c1-2-36-22-10-16(9-20(27)24(22)37-14-15-3-5-17(6-4-15)26(32)33)13-28-29-25(31)23-12-18-11-19(30(34)35)7-8-21(18)38-23/h3-13H,2,14H2,1H3,(H,29,31)(H,32,33)/b28-13+. The van der Waals surface area contributed by atoms with Gasteiger partial charge >= 0.3 is 11.9 Å². The Morgan fingerprint density at radius 1 is 1.13 bits per heavy atom. The quantitative estimate of drug-likeness (QED) is 0.103. The number of hydrazone groups is 1. The molecule has 3 aromatic carbocycles. The molecule has 0 aliphatic rings. The molecular weight excluding hydrogens is 609 g/mol. The van der Waals surface area contributed by atoms with Crippen LogP contribution >= 0.6 is 22.6 Å². The van der Waals surface area contributed by atoms with Gasteiger partial charge in [0.2, 0.25) is 0 Å². The van der Waals surface area contributed by atoms with Gasteiger partial charge in [0.15, 0.2) is 17.3 Å². The number of benzene rings is 3. The Bertz CT molecular complexity index is 1550. The van der Waals surface area contributed by atoms with Gasteiger partial charge in [-0.25, -0.2) is 10.2 Å². The number of non-ortho nitro benzene ring substituents is 1. The number of nitrogens with one attached hydrogen (secondary N) is 1. The van der Waals surface area contributed by atoms with Crippen molar-refractivity contribution in [3.63, 3.8) is 0 Å². The number of rotatable bonds is 10. The second-order valence-electron chi connectivity index (χ2n) is 7.84. The molecule has 0 aliphatic carbocycles. The summed E-state index contributed by atoms with van der Waals surface area (Å²) < 4.78 is 17.9. The number of carbonyl (C=O) groups excluding carboxylic acids is 1. The summed E-state index contributed by atoms with van der Waals surface area (Å²) in [6.45, 7) is 2.44. The van der Waals surface area contributed by atoms with Crippen molar-refractivity contribution in [2.24, 2.45) is 5.10 Å². The largest absolute Gasteiger partial charge is 0.490 e. The van der Waals surface area contributed by atoms with Crippen LogP contribution in [0.5, 0.6) is 11.5 Å². The lowest BCUT2D eigenvalue weighted by Gasteiger charge is -2.15. The lowest BCUT2D eigenvalue weighted by Crippen LogP contribution is -2.16. The summed E-state index contributed by atoms with van der Waals surface area (Å²) in [6, 6.07) is 15.4. The average molecular weight is 629 g/mol. The number of nitro groups is 1. The van der Waals surface area contributed by atoms with E-state index in [0.29, 0.717) is 34.6 Å². The van der Waals surface area contributed by atoms with E-state index in [-0.39, 0.29) is 23.6 Å². The molecule has 0 bridgehead atoms. The first-order chi connectivity index (χ1) is 18.2. The van der Waals surface area contributed by atoms with E-state index in [0.717, 1.165) is 9.13 Å². The summed E-state index contributed by atoms with van der Waals surface area (Å²) in [5.41, 5.74) is 4.24. The smallest absolute Gasteiger partial charge is 0.335 e. The van der Waals surface area contributed by atoms with Crippen molar-refractivity contribution in [2.75, 3.05) is 6.61 Å². The third-order valence-electron chi connectivity index (χ3n) is 5.23. The first kappa shape index (κ1) is 26.6. The van der Waals surface area contributed by atoms with Gasteiger partial charge in [-0.1, -0.05) is 12.1 Å². The summed E-state index contributed by atoms with van der Waals surface area (Å²) in [6.07, 6.45) is 1.44. The van der Waals surface area contributed by atoms with Crippen LogP contribution in [-0.4, -0.2) is 34.7 Å². The Kier molecular flexibility index (Phi) is 8.21. The number of hydrogen-bond donors (Lipinski definition) is 2. The van der Waals surface area contributed by atoms with Gasteiger partial charge in [-0.05, 0) is 77.0 Å². The van der Waals surface area contributed by atoms with E-state index in [9.17, 15) is 19.7 Å². The number of aromatic carboxylic acids is 1. The molecule has 0 spiro atoms. The molecule has 0 fully saturated rings. The van der Waals surface area contributed by atoms with E-state index in [1.807, 2.05) is 6.92 Å². The first-order valence-corrected chi connectivity index (χ1v) is 12.3. The molecule has 4 rings (SSSR count). The Balaban J connectivity index is 1.45. The lowest BCUT2D eigenvalue weighted by molar-refractivity contribution is -0.384. The third kappa shape index (κ3) is 6.26. The molecule has 194 valence electrons. The van der Waals surface area contributed by atoms with Gasteiger partial charge in [0, 0.05) is 17.5 Å². The predicted molar refractivity (Wildman–Crippen MR) is 146 cm³/mol. The van der Waals surface area contributed by atoms with Crippen molar-refractivity contribution in [3.05, 3.63) is 96.8 Å². The van der Waals surface area contributed by atoms with Crippen LogP contribution in [0.2, 0.25) is 0 Å². The molecule has 11 nitrogen and oxygen atoms in total. The maximum atomic E-state index is 12.5. The molecule has 2 N–H and O–H groups in total. The van der Waals surface area contributed by atoms with Crippen LogP contribution in [0.1, 0.15) is 39.0 Å². The average Bonchev–Trinajstić information content (AvgIpc) is 3.32. The first-order valence-electron chi connectivity index (χ1n) is 11.2. The summed E-state index contributed by atoms with van der Waals surface area (Å²) in [5.74, 6) is -0.653. The van der Waals surface area contributed by atoms with E-state index in [2.05, 4.69) is 33.1 Å². The zero-order valence-corrected chi connectivity index (χ0v) is 22.0. The Morgan fingerprint density at radius 3 is 2.58 bits per heavy atom. The van der Waals surface area contributed by atoms with Crippen LogP contribution in [0.3, 0.4) is 0 Å². The van der Waals surface area contributed by atoms with Gasteiger partial charge in [-0.2, -0.15) is 5.10 Å². The fraction of sp³-hybridized carbons (Fsp3) is 0.115. The second kappa shape index (κ2) is 11.7. The maximum absolute atomic E-state index is 12.5. The number of fused-ring (bicyclic) bond motifs is 1. The van der Waals surface area contributed by atoms with Crippen LogP contribution in [0.25, 0.3) is 11.0 Å². The number of ether oxygens (including phenoxy) is 2. The fourth-order valence-corrected chi connectivity index (χ4v) is 4.22. The number of amides is 1. The van der Waals surface area contributed by atoms with Crippen molar-refractivity contribution in [1.29, 1.82) is 0 Å². The van der Waals surface area contributed by atoms with Crippen molar-refractivity contribution < 1.29 is 33.5 Å². The van der Waals surface area contributed by atoms with Gasteiger partial charge in [-0.3, -0.25) is 14.9 Å². The highest BCUT2D eigenvalue weighted by Gasteiger charge is 2.15. The topological polar surface area (TPSA) is 154 Å². The molecular formula is C26H20IN3O8. The van der Waals surface area contributed by atoms with Crippen molar-refractivity contribution in [2.45, 2.75) is 13.5 Å². The molecule has 0 unspecified atom stereocenters. The molecule has 0 atom stereocenters. The number of nitro benzene ring substituents is 1. The van der Waals surface area contributed by atoms with Crippen LogP contribution in [-0.2, 0) is 6.61 Å². The number of furan rings is 1. The Morgan fingerprint density at radius 2 is 1.89 bits per heavy atom. The maximum Gasteiger partial charge on any atom is 0.335 e. The van der Waals surface area contributed by atoms with Crippen molar-refractivity contribution >= 4 is 57.3 Å². The zero-order valence-electron chi connectivity index (χ0n) is 19.8. The fourth-order valence-electron chi connectivity index (χ4n) is 3.44. The molecule has 4 aromatic rings. The highest BCUT2D eigenvalue weighted by atomic mass is 127. The molecule has 38 heavy (non-hydrogen) atoms. The molecule has 0 saturated heterocycles. The molecule has 0 radical (unpaired) electrons. The zero-order chi connectivity index (χ0) is 27.2. The number of halogens is 1. The summed E-state index contributed by atoms with van der Waals surface area (Å²) >= 11 is 2.10. The number of carbonyl (C=O) groups is 2. The Labute approximate surface area is 229 Å². The summed E-state index contributed by atoms with van der Waals surface area (Å²) in [4.78, 5) is 33.9. The van der Waals surface area contributed by atoms with E-state index in [1.54, 1.807) is 24.3 Å². The number of carboxylic acid groups (broad SMARTS) is 1. The number of nitrogens with zero attached hydrogens (tertiary/aromatic N) is 2. The van der Waals surface area contributed by atoms with Crippen LogP contribution in [0.15, 0.2) is 70.2 Å². The molecule has 1 aromatic heterocycles. The van der Waals surface area contributed by atoms with Gasteiger partial charge in [0.25, 0.3) is 5.69 Å². The minimum atomic E-state index is -0.997. The minimum absolute atomic E-state index is 0.0395. The van der Waals surface area contributed by atoms with E-state index < -0.39 is 16.8 Å². The molecule has 0 saturated carbocycles. The highest BCUT2D eigenvalue weighted by Crippen LogP contribution is 2.34. The molecule has 1 heterocycles. The SMILES string of the molecule is CCOc1cc(/C=N/NC(=O)c2cc3cc([N+](=O)[O-])ccc3o2)cc(I)c1OCc1ccc(C(=O)O)cc1. The van der Waals surface area contributed by atoms with Crippen molar-refractivity contribution in [1.82, 2.24) is 5.43 Å². The number of hydrogen-bond acceptors (Lipinski definition) is 8. The molecule has 12 heteroatoms. The minimum Gasteiger partial charge on any atom is -0.490 e. The van der Waals surface area contributed by atoms with Crippen LogP contribution < -0.4 is 14.9 Å². The summed E-state index contributed by atoms with van der Waals surface area (Å²) in [7, 11) is 0.